The van der Waals surface area contributed by atoms with Gasteiger partial charge in [-0.3, -0.25) is 10.1 Å². The molecule has 0 saturated heterocycles. The van der Waals surface area contributed by atoms with E-state index in [1.54, 1.807) is 18.2 Å². The number of halogens is 2. The first-order chi connectivity index (χ1) is 10.4. The van der Waals surface area contributed by atoms with Crippen LogP contribution in [0.1, 0.15) is 21.5 Å². The van der Waals surface area contributed by atoms with Crippen LogP contribution in [-0.4, -0.2) is 10.9 Å². The quantitative estimate of drug-likeness (QED) is 0.665. The van der Waals surface area contributed by atoms with Gasteiger partial charge in [-0.1, -0.05) is 34.5 Å². The highest BCUT2D eigenvalue weighted by atomic mass is 35.5. The number of hydrogen-bond donors (Lipinski definition) is 1. The van der Waals surface area contributed by atoms with Crippen LogP contribution in [0.3, 0.4) is 0 Å². The highest BCUT2D eigenvalue weighted by Gasteiger charge is 2.13. The van der Waals surface area contributed by atoms with Crippen LogP contribution >= 0.6 is 34.5 Å². The molecule has 3 rings (SSSR count). The summed E-state index contributed by atoms with van der Waals surface area (Å²) >= 11 is 13.3. The van der Waals surface area contributed by atoms with E-state index in [2.05, 4.69) is 23.3 Å². The Morgan fingerprint density at radius 3 is 2.59 bits per heavy atom. The molecule has 0 fully saturated rings. The van der Waals surface area contributed by atoms with E-state index < -0.39 is 0 Å². The van der Waals surface area contributed by atoms with Crippen molar-refractivity contribution in [1.29, 1.82) is 0 Å². The number of nitrogens with one attached hydrogen (secondary N) is 1. The SMILES string of the molecule is Cc1cc2nc(NC(=O)c3ccc(Cl)cc3Cl)sc2cc1C. The Labute approximate surface area is 141 Å². The van der Waals surface area contributed by atoms with E-state index in [0.29, 0.717) is 20.7 Å². The first kappa shape index (κ1) is 15.3. The fourth-order valence-corrected chi connectivity index (χ4v) is 3.51. The molecule has 0 aliphatic carbocycles. The summed E-state index contributed by atoms with van der Waals surface area (Å²) in [4.78, 5) is 16.7. The van der Waals surface area contributed by atoms with E-state index >= 15 is 0 Å². The topological polar surface area (TPSA) is 42.0 Å². The third-order valence-corrected chi connectivity index (χ3v) is 4.88. The lowest BCUT2D eigenvalue weighted by molar-refractivity contribution is 0.102. The molecular weight excluding hydrogens is 339 g/mol. The van der Waals surface area contributed by atoms with E-state index in [9.17, 15) is 4.79 Å². The molecule has 1 heterocycles. The fourth-order valence-electron chi connectivity index (χ4n) is 2.07. The van der Waals surface area contributed by atoms with Gasteiger partial charge in [0, 0.05) is 5.02 Å². The molecule has 0 atom stereocenters. The number of fused-ring (bicyclic) bond motifs is 1. The first-order valence-corrected chi connectivity index (χ1v) is 8.15. The largest absolute Gasteiger partial charge is 0.298 e. The number of thiazole rings is 1. The molecule has 112 valence electrons. The molecule has 3 nitrogen and oxygen atoms in total. The summed E-state index contributed by atoms with van der Waals surface area (Å²) in [5.41, 5.74) is 3.63. The smallest absolute Gasteiger partial charge is 0.258 e. The molecule has 1 N–H and O–H groups in total. The summed E-state index contributed by atoms with van der Waals surface area (Å²) < 4.78 is 1.04. The Kier molecular flexibility index (Phi) is 4.08. The third kappa shape index (κ3) is 2.95. The zero-order valence-corrected chi connectivity index (χ0v) is 14.2. The van der Waals surface area contributed by atoms with Crippen molar-refractivity contribution in [3.8, 4) is 0 Å². The van der Waals surface area contributed by atoms with Gasteiger partial charge in [-0.2, -0.15) is 0 Å². The number of amides is 1. The van der Waals surface area contributed by atoms with Crippen molar-refractivity contribution < 1.29 is 4.79 Å². The molecule has 2 aromatic carbocycles. The van der Waals surface area contributed by atoms with Gasteiger partial charge in [0.15, 0.2) is 5.13 Å². The normalized spacial score (nSPS) is 10.9. The molecular formula is C16H12Cl2N2OS. The van der Waals surface area contributed by atoms with Gasteiger partial charge in [-0.25, -0.2) is 4.98 Å². The van der Waals surface area contributed by atoms with E-state index in [1.165, 1.54) is 22.5 Å². The summed E-state index contributed by atoms with van der Waals surface area (Å²) in [6, 6.07) is 8.87. The maximum absolute atomic E-state index is 12.3. The monoisotopic (exact) mass is 350 g/mol. The molecule has 0 unspecified atom stereocenters. The predicted molar refractivity (Wildman–Crippen MR) is 93.5 cm³/mol. The van der Waals surface area contributed by atoms with Crippen LogP contribution in [0.15, 0.2) is 30.3 Å². The summed E-state index contributed by atoms with van der Waals surface area (Å²) in [6.07, 6.45) is 0. The Hall–Kier alpha value is -1.62. The first-order valence-electron chi connectivity index (χ1n) is 6.58. The molecule has 0 spiro atoms. The summed E-state index contributed by atoms with van der Waals surface area (Å²) in [5, 5.41) is 4.15. The maximum atomic E-state index is 12.3. The number of carbonyl (C=O) groups is 1. The van der Waals surface area contributed by atoms with E-state index in [4.69, 9.17) is 23.2 Å². The van der Waals surface area contributed by atoms with E-state index in [1.807, 2.05) is 13.0 Å². The molecule has 0 bridgehead atoms. The molecule has 0 aliphatic rings. The Bertz CT molecular complexity index is 850. The van der Waals surface area contributed by atoms with Crippen LogP contribution in [0.5, 0.6) is 0 Å². The van der Waals surface area contributed by atoms with Crippen LogP contribution in [0.25, 0.3) is 10.2 Å². The Morgan fingerprint density at radius 2 is 1.86 bits per heavy atom. The van der Waals surface area contributed by atoms with Crippen LogP contribution in [0.4, 0.5) is 5.13 Å². The minimum Gasteiger partial charge on any atom is -0.298 e. The molecule has 0 saturated carbocycles. The predicted octanol–water partition coefficient (Wildman–Crippen LogP) is 5.47. The van der Waals surface area contributed by atoms with E-state index in [-0.39, 0.29) is 5.91 Å². The molecule has 0 aliphatic heterocycles. The minimum absolute atomic E-state index is 0.297. The van der Waals surface area contributed by atoms with Gasteiger partial charge in [0.2, 0.25) is 0 Å². The van der Waals surface area contributed by atoms with Crippen molar-refractivity contribution in [2.75, 3.05) is 5.32 Å². The van der Waals surface area contributed by atoms with Crippen LogP contribution in [-0.2, 0) is 0 Å². The number of benzene rings is 2. The van der Waals surface area contributed by atoms with Gasteiger partial charge in [0.05, 0.1) is 20.8 Å². The zero-order valence-electron chi connectivity index (χ0n) is 11.9. The zero-order chi connectivity index (χ0) is 15.9. The second-order valence-electron chi connectivity index (χ2n) is 5.00. The number of nitrogens with zero attached hydrogens (tertiary/aromatic N) is 1. The minimum atomic E-state index is -0.297. The third-order valence-electron chi connectivity index (χ3n) is 3.40. The summed E-state index contributed by atoms with van der Waals surface area (Å²) in [6.45, 7) is 4.10. The number of carbonyl (C=O) groups excluding carboxylic acids is 1. The molecule has 22 heavy (non-hydrogen) atoms. The highest BCUT2D eigenvalue weighted by molar-refractivity contribution is 7.22. The number of anilines is 1. The van der Waals surface area contributed by atoms with Crippen LogP contribution < -0.4 is 5.32 Å². The lowest BCUT2D eigenvalue weighted by Gasteiger charge is -2.04. The number of aromatic nitrogens is 1. The van der Waals surface area contributed by atoms with Crippen molar-refractivity contribution in [2.24, 2.45) is 0 Å². The number of aryl methyl sites for hydroxylation is 2. The van der Waals surface area contributed by atoms with Gasteiger partial charge in [-0.15, -0.1) is 0 Å². The van der Waals surface area contributed by atoms with E-state index in [0.717, 1.165) is 10.2 Å². The average molecular weight is 351 g/mol. The average Bonchev–Trinajstić information content (AvgIpc) is 2.80. The van der Waals surface area contributed by atoms with Gasteiger partial charge in [0.1, 0.15) is 0 Å². The highest BCUT2D eigenvalue weighted by Crippen LogP contribution is 2.29. The molecule has 3 aromatic rings. The Morgan fingerprint density at radius 1 is 1.14 bits per heavy atom. The maximum Gasteiger partial charge on any atom is 0.258 e. The van der Waals surface area contributed by atoms with Crippen molar-refractivity contribution in [1.82, 2.24) is 4.98 Å². The van der Waals surface area contributed by atoms with Gasteiger partial charge < -0.3 is 0 Å². The van der Waals surface area contributed by atoms with Crippen LogP contribution in [0, 0.1) is 13.8 Å². The summed E-state index contributed by atoms with van der Waals surface area (Å²) in [5.74, 6) is -0.297. The lowest BCUT2D eigenvalue weighted by Crippen LogP contribution is -2.12. The number of rotatable bonds is 2. The van der Waals surface area contributed by atoms with Gasteiger partial charge in [-0.05, 0) is 55.3 Å². The van der Waals surface area contributed by atoms with Crippen molar-refractivity contribution in [2.45, 2.75) is 13.8 Å². The van der Waals surface area contributed by atoms with Crippen LogP contribution in [0.2, 0.25) is 10.0 Å². The second kappa shape index (κ2) is 5.88. The lowest BCUT2D eigenvalue weighted by atomic mass is 10.1. The van der Waals surface area contributed by atoms with Crippen molar-refractivity contribution >= 4 is 55.8 Å². The summed E-state index contributed by atoms with van der Waals surface area (Å²) in [7, 11) is 0. The Balaban J connectivity index is 1.90. The van der Waals surface area contributed by atoms with Crippen molar-refractivity contribution in [3.05, 3.63) is 57.1 Å². The molecule has 1 aromatic heterocycles. The molecule has 6 heteroatoms. The van der Waals surface area contributed by atoms with Crippen molar-refractivity contribution in [3.63, 3.8) is 0 Å². The second-order valence-corrected chi connectivity index (χ2v) is 6.88. The molecule has 0 radical (unpaired) electrons. The molecule has 1 amide bonds. The number of hydrogen-bond acceptors (Lipinski definition) is 3. The standard InChI is InChI=1S/C16H12Cl2N2OS/c1-8-5-13-14(6-9(8)2)22-16(19-13)20-15(21)11-4-3-10(17)7-12(11)18/h3-7H,1-2H3,(H,19,20,21). The van der Waals surface area contributed by atoms with Gasteiger partial charge in [0.25, 0.3) is 5.91 Å². The van der Waals surface area contributed by atoms with Gasteiger partial charge >= 0.3 is 0 Å². The fraction of sp³-hybridized carbons (Fsp3) is 0.125.